The Morgan fingerprint density at radius 3 is 2.40 bits per heavy atom. The second kappa shape index (κ2) is 6.03. The molecule has 1 unspecified atom stereocenters. The molecule has 1 heterocycles. The smallest absolute Gasteiger partial charge is 0.321 e. The Hall–Kier alpha value is -2.61. The maximum absolute atomic E-state index is 13.4. The highest BCUT2D eigenvalue weighted by atomic mass is 35.5. The zero-order chi connectivity index (χ0) is 18.4. The zero-order valence-corrected chi connectivity index (χ0v) is 13.0. The first-order valence-electron chi connectivity index (χ1n) is 6.96. The molecule has 0 spiro atoms. The van der Waals surface area contributed by atoms with Crippen LogP contribution in [-0.2, 0) is 11.0 Å². The summed E-state index contributed by atoms with van der Waals surface area (Å²) < 4.78 is 51.9. The van der Waals surface area contributed by atoms with Crippen molar-refractivity contribution in [1.82, 2.24) is 5.32 Å². The Kier molecular flexibility index (Phi) is 4.16. The number of halogens is 5. The molecule has 1 aliphatic rings. The third kappa shape index (κ3) is 3.05. The first kappa shape index (κ1) is 17.2. The Morgan fingerprint density at radius 1 is 1.08 bits per heavy atom. The number of nitrogens with zero attached hydrogens (tertiary/aromatic N) is 1. The maximum Gasteiger partial charge on any atom is 0.419 e. The fourth-order valence-corrected chi connectivity index (χ4v) is 2.76. The molecule has 4 nitrogen and oxygen atoms in total. The van der Waals surface area contributed by atoms with Gasteiger partial charge in [0.25, 0.3) is 5.91 Å². The average Bonchev–Trinajstić information content (AvgIpc) is 2.82. The Labute approximate surface area is 144 Å². The fraction of sp³-hybridized carbons (Fsp3) is 0.125. The lowest BCUT2D eigenvalue weighted by atomic mass is 10.1. The molecule has 1 fully saturated rings. The number of benzene rings is 2. The first-order chi connectivity index (χ1) is 11.7. The van der Waals surface area contributed by atoms with Crippen molar-refractivity contribution in [3.05, 3.63) is 64.4 Å². The molecular weight excluding hydrogens is 364 g/mol. The molecule has 0 aromatic heterocycles. The van der Waals surface area contributed by atoms with E-state index in [0.29, 0.717) is 22.6 Å². The number of hydrogen-bond acceptors (Lipinski definition) is 2. The van der Waals surface area contributed by atoms with Crippen molar-refractivity contribution >= 4 is 29.2 Å². The van der Waals surface area contributed by atoms with Crippen molar-refractivity contribution in [3.8, 4) is 0 Å². The van der Waals surface area contributed by atoms with Crippen LogP contribution >= 0.6 is 11.6 Å². The molecule has 130 valence electrons. The molecular formula is C16H9ClF4N2O2. The predicted molar refractivity (Wildman–Crippen MR) is 81.6 cm³/mol. The number of alkyl halides is 3. The van der Waals surface area contributed by atoms with E-state index >= 15 is 0 Å². The van der Waals surface area contributed by atoms with Crippen LogP contribution in [0.5, 0.6) is 0 Å². The summed E-state index contributed by atoms with van der Waals surface area (Å²) in [5.74, 6) is -2.30. The van der Waals surface area contributed by atoms with Gasteiger partial charge in [-0.05, 0) is 24.3 Å². The fourth-order valence-electron chi connectivity index (χ4n) is 2.51. The molecule has 3 amide bonds. The third-order valence-corrected chi connectivity index (χ3v) is 4.01. The van der Waals surface area contributed by atoms with Crippen molar-refractivity contribution in [2.75, 3.05) is 4.90 Å². The van der Waals surface area contributed by atoms with Gasteiger partial charge in [-0.2, -0.15) is 13.2 Å². The van der Waals surface area contributed by atoms with Crippen LogP contribution in [0.2, 0.25) is 5.02 Å². The van der Waals surface area contributed by atoms with Crippen LogP contribution in [0, 0.1) is 5.82 Å². The molecule has 0 radical (unpaired) electrons. The van der Waals surface area contributed by atoms with E-state index in [1.54, 1.807) is 12.1 Å². The van der Waals surface area contributed by atoms with Crippen LogP contribution in [-0.4, -0.2) is 11.9 Å². The molecule has 1 aliphatic heterocycles. The van der Waals surface area contributed by atoms with E-state index in [2.05, 4.69) is 5.32 Å². The van der Waals surface area contributed by atoms with Crippen LogP contribution in [0.15, 0.2) is 42.5 Å². The maximum atomic E-state index is 13.4. The molecule has 0 saturated carbocycles. The van der Waals surface area contributed by atoms with Gasteiger partial charge in [0, 0.05) is 10.6 Å². The van der Waals surface area contributed by atoms with Crippen LogP contribution in [0.1, 0.15) is 17.2 Å². The molecule has 9 heteroatoms. The average molecular weight is 373 g/mol. The van der Waals surface area contributed by atoms with Gasteiger partial charge in [-0.25, -0.2) is 14.1 Å². The number of hydrogen-bond donors (Lipinski definition) is 1. The van der Waals surface area contributed by atoms with E-state index in [0.717, 1.165) is 6.07 Å². The van der Waals surface area contributed by atoms with Gasteiger partial charge in [-0.1, -0.05) is 29.8 Å². The van der Waals surface area contributed by atoms with E-state index in [-0.39, 0.29) is 10.7 Å². The van der Waals surface area contributed by atoms with Gasteiger partial charge < -0.3 is 5.32 Å². The second-order valence-electron chi connectivity index (χ2n) is 5.24. The molecule has 2 aromatic carbocycles. The minimum Gasteiger partial charge on any atom is -0.321 e. The lowest BCUT2D eigenvalue weighted by Crippen LogP contribution is -2.31. The van der Waals surface area contributed by atoms with Gasteiger partial charge in [0.1, 0.15) is 11.9 Å². The van der Waals surface area contributed by atoms with Crippen molar-refractivity contribution in [1.29, 1.82) is 0 Å². The molecule has 0 aliphatic carbocycles. The van der Waals surface area contributed by atoms with Gasteiger partial charge in [0.05, 0.1) is 11.3 Å². The number of anilines is 1. The summed E-state index contributed by atoms with van der Waals surface area (Å²) in [7, 11) is 0. The van der Waals surface area contributed by atoms with Crippen molar-refractivity contribution < 1.29 is 27.2 Å². The monoisotopic (exact) mass is 372 g/mol. The van der Waals surface area contributed by atoms with Crippen LogP contribution in [0.25, 0.3) is 0 Å². The number of rotatable bonds is 2. The predicted octanol–water partition coefficient (Wildman–Crippen LogP) is 4.30. The summed E-state index contributed by atoms with van der Waals surface area (Å²) in [6.07, 6.45) is -4.96. The number of urea groups is 1. The summed E-state index contributed by atoms with van der Waals surface area (Å²) in [6.45, 7) is 0. The molecule has 1 atom stereocenters. The van der Waals surface area contributed by atoms with Crippen molar-refractivity contribution in [3.63, 3.8) is 0 Å². The normalized spacial score (nSPS) is 17.8. The van der Waals surface area contributed by atoms with Gasteiger partial charge >= 0.3 is 12.2 Å². The van der Waals surface area contributed by atoms with Crippen LogP contribution in [0.3, 0.4) is 0 Å². The van der Waals surface area contributed by atoms with Crippen molar-refractivity contribution in [2.24, 2.45) is 0 Å². The topological polar surface area (TPSA) is 49.4 Å². The molecule has 0 bridgehead atoms. The minimum atomic E-state index is -4.96. The number of carbonyl (C=O) groups is 2. The summed E-state index contributed by atoms with van der Waals surface area (Å²) in [5.41, 5.74) is -1.64. The van der Waals surface area contributed by atoms with E-state index in [9.17, 15) is 27.2 Å². The van der Waals surface area contributed by atoms with Gasteiger partial charge in [-0.3, -0.25) is 4.79 Å². The number of amides is 3. The Morgan fingerprint density at radius 2 is 1.76 bits per heavy atom. The largest absolute Gasteiger partial charge is 0.419 e. The standard InChI is InChI=1S/C16H9ClF4N2O2/c17-11-4-2-1-3-9(11)13-14(24)23(15(25)22-13)8-5-6-12(18)10(7-8)16(19,20)21/h1-7,13H,(H,22,25). The Balaban J connectivity index is 2.01. The summed E-state index contributed by atoms with van der Waals surface area (Å²) in [6, 6.07) is 6.10. The second-order valence-corrected chi connectivity index (χ2v) is 5.65. The van der Waals surface area contributed by atoms with Crippen molar-refractivity contribution in [2.45, 2.75) is 12.2 Å². The summed E-state index contributed by atoms with van der Waals surface area (Å²) >= 11 is 6.00. The molecule has 1 saturated heterocycles. The van der Waals surface area contributed by atoms with Gasteiger partial charge in [0.2, 0.25) is 0 Å². The van der Waals surface area contributed by atoms with E-state index in [1.807, 2.05) is 0 Å². The highest BCUT2D eigenvalue weighted by Crippen LogP contribution is 2.36. The van der Waals surface area contributed by atoms with E-state index in [4.69, 9.17) is 11.6 Å². The molecule has 3 rings (SSSR count). The van der Waals surface area contributed by atoms with E-state index < -0.39 is 35.5 Å². The SMILES string of the molecule is O=C1NC(c2ccccc2Cl)C(=O)N1c1ccc(F)c(C(F)(F)F)c1. The summed E-state index contributed by atoms with van der Waals surface area (Å²) in [4.78, 5) is 25.2. The van der Waals surface area contributed by atoms with Crippen LogP contribution in [0.4, 0.5) is 28.0 Å². The first-order valence-corrected chi connectivity index (χ1v) is 7.33. The zero-order valence-electron chi connectivity index (χ0n) is 12.3. The minimum absolute atomic E-state index is 0.220. The number of imide groups is 1. The lowest BCUT2D eigenvalue weighted by Gasteiger charge is -2.16. The Bertz CT molecular complexity index is 869. The highest BCUT2D eigenvalue weighted by Gasteiger charge is 2.42. The molecule has 2 aromatic rings. The van der Waals surface area contributed by atoms with Crippen LogP contribution < -0.4 is 10.2 Å². The number of carbonyl (C=O) groups excluding carboxylic acids is 2. The van der Waals surface area contributed by atoms with Gasteiger partial charge in [0.15, 0.2) is 0 Å². The molecule has 1 N–H and O–H groups in total. The lowest BCUT2D eigenvalue weighted by molar-refractivity contribution is -0.140. The van der Waals surface area contributed by atoms with E-state index in [1.165, 1.54) is 12.1 Å². The number of nitrogens with one attached hydrogen (secondary N) is 1. The van der Waals surface area contributed by atoms with Gasteiger partial charge in [-0.15, -0.1) is 0 Å². The summed E-state index contributed by atoms with van der Waals surface area (Å²) in [5, 5.41) is 2.58. The quantitative estimate of drug-likeness (QED) is 0.631. The third-order valence-electron chi connectivity index (χ3n) is 3.67. The molecule has 25 heavy (non-hydrogen) atoms. The highest BCUT2D eigenvalue weighted by molar-refractivity contribution is 6.32.